The van der Waals surface area contributed by atoms with E-state index in [1.54, 1.807) is 37.4 Å². The summed E-state index contributed by atoms with van der Waals surface area (Å²) < 4.78 is 41.2. The molecule has 0 bridgehead atoms. The van der Waals surface area contributed by atoms with Crippen molar-refractivity contribution in [3.8, 4) is 0 Å². The maximum atomic E-state index is 13.0. The van der Waals surface area contributed by atoms with Crippen molar-refractivity contribution in [3.05, 3.63) is 85.5 Å². The molecule has 0 saturated heterocycles. The maximum Gasteiger partial charge on any atom is 0.435 e. The van der Waals surface area contributed by atoms with Crippen LogP contribution >= 0.6 is 11.6 Å². The lowest BCUT2D eigenvalue weighted by Gasteiger charge is -2.13. The summed E-state index contributed by atoms with van der Waals surface area (Å²) in [6, 6.07) is 7.91. The monoisotopic (exact) mass is 495 g/mol. The Morgan fingerprint density at radius 2 is 1.88 bits per heavy atom. The highest BCUT2D eigenvalue weighted by Gasteiger charge is 2.34. The van der Waals surface area contributed by atoms with Crippen LogP contribution in [-0.4, -0.2) is 20.3 Å². The Morgan fingerprint density at radius 1 is 1.15 bits per heavy atom. The third-order valence-corrected chi connectivity index (χ3v) is 5.76. The van der Waals surface area contributed by atoms with Gasteiger partial charge in [-0.15, -0.1) is 0 Å². The summed E-state index contributed by atoms with van der Waals surface area (Å²) in [7, 11) is 0. The molecule has 0 unspecified atom stereocenters. The summed E-state index contributed by atoms with van der Waals surface area (Å²) in [6.45, 7) is 3.94. The van der Waals surface area contributed by atoms with Crippen LogP contribution in [0.2, 0.25) is 5.02 Å². The standard InChI is InChI=1S/C23H25ClF3N5O2/c1-14-5-6-31(7-8-32-15(2)9-20(30-32)23(25,26)27)22(34)19(14)11-21(33)29-13-17-10-18(24)4-3-16(17)12-28/h3-6,9-10H,7-8,11-13,28H2,1-2H3,(H,29,33). The summed E-state index contributed by atoms with van der Waals surface area (Å²) in [6.07, 6.45) is -3.11. The number of rotatable bonds is 8. The normalized spacial score (nSPS) is 11.6. The number of benzene rings is 1. The second-order valence-electron chi connectivity index (χ2n) is 7.94. The van der Waals surface area contributed by atoms with E-state index in [1.165, 1.54) is 16.2 Å². The second-order valence-corrected chi connectivity index (χ2v) is 8.37. The molecule has 34 heavy (non-hydrogen) atoms. The summed E-state index contributed by atoms with van der Waals surface area (Å²) in [5, 5.41) is 6.89. The minimum absolute atomic E-state index is 0.0765. The molecule has 0 spiro atoms. The van der Waals surface area contributed by atoms with E-state index in [1.807, 2.05) is 0 Å². The molecule has 2 heterocycles. The summed E-state index contributed by atoms with van der Waals surface area (Å²) in [4.78, 5) is 25.5. The van der Waals surface area contributed by atoms with Crippen LogP contribution in [0.1, 0.15) is 33.6 Å². The largest absolute Gasteiger partial charge is 0.435 e. The average molecular weight is 496 g/mol. The van der Waals surface area contributed by atoms with Gasteiger partial charge in [0, 0.05) is 42.1 Å². The molecule has 3 rings (SSSR count). The van der Waals surface area contributed by atoms with E-state index >= 15 is 0 Å². The highest BCUT2D eigenvalue weighted by Crippen LogP contribution is 2.28. The molecule has 0 fully saturated rings. The lowest BCUT2D eigenvalue weighted by Crippen LogP contribution is -2.31. The minimum atomic E-state index is -4.53. The number of aryl methyl sites for hydroxylation is 4. The van der Waals surface area contributed by atoms with E-state index in [9.17, 15) is 22.8 Å². The number of pyridine rings is 1. The molecule has 0 saturated carbocycles. The number of carbonyl (C=O) groups excluding carboxylic acids is 1. The highest BCUT2D eigenvalue weighted by molar-refractivity contribution is 6.30. The number of alkyl halides is 3. The van der Waals surface area contributed by atoms with Gasteiger partial charge in [-0.3, -0.25) is 14.3 Å². The number of amides is 1. The van der Waals surface area contributed by atoms with Crippen LogP contribution in [0, 0.1) is 13.8 Å². The van der Waals surface area contributed by atoms with Gasteiger partial charge < -0.3 is 15.6 Å². The van der Waals surface area contributed by atoms with Crippen LogP contribution in [0.25, 0.3) is 0 Å². The van der Waals surface area contributed by atoms with Crippen molar-refractivity contribution in [2.75, 3.05) is 0 Å². The third kappa shape index (κ3) is 6.06. The number of nitrogens with zero attached hydrogens (tertiary/aromatic N) is 3. The third-order valence-electron chi connectivity index (χ3n) is 5.53. The Labute approximate surface area is 199 Å². The lowest BCUT2D eigenvalue weighted by atomic mass is 10.1. The van der Waals surface area contributed by atoms with Gasteiger partial charge in [-0.2, -0.15) is 18.3 Å². The SMILES string of the molecule is Cc1ccn(CCn2nc(C(F)(F)F)cc2C)c(=O)c1CC(=O)NCc1cc(Cl)ccc1CN. The molecule has 3 N–H and O–H groups in total. The molecule has 0 atom stereocenters. The van der Waals surface area contributed by atoms with E-state index in [0.29, 0.717) is 28.4 Å². The van der Waals surface area contributed by atoms with Crippen molar-refractivity contribution in [1.29, 1.82) is 0 Å². The summed E-state index contributed by atoms with van der Waals surface area (Å²) >= 11 is 6.03. The smallest absolute Gasteiger partial charge is 0.352 e. The van der Waals surface area contributed by atoms with Crippen LogP contribution in [0.5, 0.6) is 0 Å². The van der Waals surface area contributed by atoms with Crippen molar-refractivity contribution in [2.45, 2.75) is 52.6 Å². The van der Waals surface area contributed by atoms with Gasteiger partial charge in [0.1, 0.15) is 0 Å². The molecule has 3 aromatic rings. The van der Waals surface area contributed by atoms with Gasteiger partial charge in [0.15, 0.2) is 5.69 Å². The zero-order valence-corrected chi connectivity index (χ0v) is 19.5. The Kier molecular flexibility index (Phi) is 7.83. The van der Waals surface area contributed by atoms with Crippen molar-refractivity contribution in [2.24, 2.45) is 5.73 Å². The van der Waals surface area contributed by atoms with Crippen LogP contribution < -0.4 is 16.6 Å². The molecular weight excluding hydrogens is 471 g/mol. The van der Waals surface area contributed by atoms with E-state index < -0.39 is 11.9 Å². The molecule has 1 aromatic carbocycles. The Bertz CT molecular complexity index is 1250. The van der Waals surface area contributed by atoms with Gasteiger partial charge in [-0.05, 0) is 54.8 Å². The Hall–Kier alpha value is -3.11. The number of nitrogens with one attached hydrogen (secondary N) is 1. The molecule has 11 heteroatoms. The summed E-state index contributed by atoms with van der Waals surface area (Å²) in [5.74, 6) is -0.348. The molecule has 0 radical (unpaired) electrons. The van der Waals surface area contributed by atoms with E-state index in [0.717, 1.165) is 17.2 Å². The van der Waals surface area contributed by atoms with Crippen LogP contribution in [0.4, 0.5) is 13.2 Å². The van der Waals surface area contributed by atoms with Gasteiger partial charge in [-0.1, -0.05) is 17.7 Å². The van der Waals surface area contributed by atoms with Crippen molar-refractivity contribution in [3.63, 3.8) is 0 Å². The van der Waals surface area contributed by atoms with Crippen LogP contribution in [0.3, 0.4) is 0 Å². The van der Waals surface area contributed by atoms with Crippen molar-refractivity contribution in [1.82, 2.24) is 19.7 Å². The molecule has 0 aliphatic rings. The fourth-order valence-electron chi connectivity index (χ4n) is 3.56. The molecular formula is C23H25ClF3N5O2. The fourth-order valence-corrected chi connectivity index (χ4v) is 3.75. The first-order valence-electron chi connectivity index (χ1n) is 10.5. The Morgan fingerprint density at radius 3 is 2.53 bits per heavy atom. The predicted molar refractivity (Wildman–Crippen MR) is 122 cm³/mol. The highest BCUT2D eigenvalue weighted by atomic mass is 35.5. The zero-order valence-electron chi connectivity index (χ0n) is 18.7. The predicted octanol–water partition coefficient (Wildman–Crippen LogP) is 3.35. The molecule has 0 aliphatic carbocycles. The molecule has 0 aliphatic heterocycles. The first-order valence-corrected chi connectivity index (χ1v) is 10.9. The van der Waals surface area contributed by atoms with Crippen molar-refractivity contribution >= 4 is 17.5 Å². The number of halogens is 4. The van der Waals surface area contributed by atoms with Gasteiger partial charge in [-0.25, -0.2) is 0 Å². The molecule has 1 amide bonds. The zero-order chi connectivity index (χ0) is 25.0. The average Bonchev–Trinajstić information content (AvgIpc) is 3.16. The quantitative estimate of drug-likeness (QED) is 0.501. The number of hydrogen-bond donors (Lipinski definition) is 2. The van der Waals surface area contributed by atoms with Gasteiger partial charge in [0.05, 0.1) is 13.0 Å². The number of aromatic nitrogens is 3. The topological polar surface area (TPSA) is 94.9 Å². The van der Waals surface area contributed by atoms with E-state index in [2.05, 4.69) is 10.4 Å². The number of carbonyl (C=O) groups is 1. The second kappa shape index (κ2) is 10.4. The minimum Gasteiger partial charge on any atom is -0.352 e. The number of nitrogens with two attached hydrogens (primary N) is 1. The van der Waals surface area contributed by atoms with Crippen LogP contribution in [0.15, 0.2) is 41.3 Å². The van der Waals surface area contributed by atoms with Gasteiger partial charge in [0.2, 0.25) is 5.91 Å². The first kappa shape index (κ1) is 25.5. The molecule has 182 valence electrons. The van der Waals surface area contributed by atoms with Gasteiger partial charge in [0.25, 0.3) is 5.56 Å². The fraction of sp³-hybridized carbons (Fsp3) is 0.348. The van der Waals surface area contributed by atoms with Crippen molar-refractivity contribution < 1.29 is 18.0 Å². The van der Waals surface area contributed by atoms with E-state index in [4.69, 9.17) is 17.3 Å². The number of hydrogen-bond acceptors (Lipinski definition) is 4. The maximum absolute atomic E-state index is 13.0. The van der Waals surface area contributed by atoms with Crippen LogP contribution in [-0.2, 0) is 43.6 Å². The lowest BCUT2D eigenvalue weighted by molar-refractivity contribution is -0.141. The van der Waals surface area contributed by atoms with Gasteiger partial charge >= 0.3 is 6.18 Å². The van der Waals surface area contributed by atoms with E-state index in [-0.39, 0.29) is 37.5 Å². The summed E-state index contributed by atoms with van der Waals surface area (Å²) in [5.41, 5.74) is 7.33. The molecule has 2 aromatic heterocycles. The first-order chi connectivity index (χ1) is 16.0. The Balaban J connectivity index is 1.70. The molecule has 7 nitrogen and oxygen atoms in total.